The highest BCUT2D eigenvalue weighted by Crippen LogP contribution is 2.34. The maximum absolute atomic E-state index is 12.7. The van der Waals surface area contributed by atoms with Crippen LogP contribution in [-0.4, -0.2) is 51.9 Å². The van der Waals surface area contributed by atoms with E-state index in [2.05, 4.69) is 10.4 Å². The number of esters is 1. The Morgan fingerprint density at radius 3 is 2.38 bits per heavy atom. The summed E-state index contributed by atoms with van der Waals surface area (Å²) in [6.45, 7) is 0.282. The van der Waals surface area contributed by atoms with E-state index in [1.807, 2.05) is 0 Å². The first-order chi connectivity index (χ1) is 12.0. The quantitative estimate of drug-likeness (QED) is 0.596. The lowest BCUT2D eigenvalue weighted by Crippen LogP contribution is -2.53. The molecule has 0 radical (unpaired) electrons. The predicted octanol–water partition coefficient (Wildman–Crippen LogP) is 1.51. The number of urea groups is 1. The number of ether oxygens (including phenoxy) is 1. The van der Waals surface area contributed by atoms with Gasteiger partial charge in [-0.25, -0.2) is 4.79 Å². The Hall–Kier alpha value is -2.37. The fourth-order valence-electron chi connectivity index (χ4n) is 2.75. The lowest BCUT2D eigenvalue weighted by molar-refractivity contribution is -0.150. The standard InChI is InChI=1S/C14H18F3N5O3S/c1-21-9(7-8(20-21)14(15,16)17)19-12(24)22-5-3-13(4-6-22,10(18)26)11(23)25-2/h7H,3-6H2,1-2H3,(H2,18,26)(H,19,24). The average molecular weight is 393 g/mol. The molecule has 0 bridgehead atoms. The minimum Gasteiger partial charge on any atom is -0.468 e. The van der Waals surface area contributed by atoms with Crippen LogP contribution in [0.1, 0.15) is 18.5 Å². The molecule has 1 aromatic rings. The molecule has 144 valence electrons. The number of anilines is 1. The number of rotatable bonds is 3. The third-order valence-corrected chi connectivity index (χ3v) is 4.75. The van der Waals surface area contributed by atoms with Crippen molar-refractivity contribution in [1.29, 1.82) is 0 Å². The molecular weight excluding hydrogens is 375 g/mol. The summed E-state index contributed by atoms with van der Waals surface area (Å²) in [4.78, 5) is 25.7. The molecule has 1 saturated heterocycles. The molecule has 26 heavy (non-hydrogen) atoms. The lowest BCUT2D eigenvalue weighted by atomic mass is 9.78. The van der Waals surface area contributed by atoms with E-state index in [0.717, 1.165) is 10.7 Å². The number of nitrogens with zero attached hydrogens (tertiary/aromatic N) is 3. The first-order valence-electron chi connectivity index (χ1n) is 7.57. The summed E-state index contributed by atoms with van der Waals surface area (Å²) in [6.07, 6.45) is -4.27. The van der Waals surface area contributed by atoms with Crippen LogP contribution in [0.25, 0.3) is 0 Å². The van der Waals surface area contributed by atoms with Crippen molar-refractivity contribution in [2.75, 3.05) is 25.5 Å². The Kier molecular flexibility index (Phi) is 5.44. The molecule has 0 unspecified atom stereocenters. The van der Waals surface area contributed by atoms with Gasteiger partial charge in [0, 0.05) is 26.2 Å². The van der Waals surface area contributed by atoms with Gasteiger partial charge in [0.25, 0.3) is 0 Å². The van der Waals surface area contributed by atoms with Crippen molar-refractivity contribution in [3.63, 3.8) is 0 Å². The highest BCUT2D eigenvalue weighted by molar-refractivity contribution is 7.80. The van der Waals surface area contributed by atoms with Crippen molar-refractivity contribution in [3.8, 4) is 0 Å². The number of carbonyl (C=O) groups is 2. The lowest BCUT2D eigenvalue weighted by Gasteiger charge is -2.38. The second-order valence-electron chi connectivity index (χ2n) is 5.89. The fraction of sp³-hybridized carbons (Fsp3) is 0.571. The van der Waals surface area contributed by atoms with Crippen LogP contribution in [0.5, 0.6) is 0 Å². The number of halogens is 3. The molecule has 2 amide bonds. The highest BCUT2D eigenvalue weighted by atomic mass is 32.1. The molecule has 0 aliphatic carbocycles. The van der Waals surface area contributed by atoms with E-state index < -0.39 is 29.3 Å². The summed E-state index contributed by atoms with van der Waals surface area (Å²) in [5, 5.41) is 5.70. The maximum atomic E-state index is 12.7. The number of nitrogens with one attached hydrogen (secondary N) is 1. The molecule has 1 aromatic heterocycles. The van der Waals surface area contributed by atoms with Crippen molar-refractivity contribution < 1.29 is 27.5 Å². The molecule has 1 aliphatic heterocycles. The molecule has 12 heteroatoms. The van der Waals surface area contributed by atoms with E-state index >= 15 is 0 Å². The Morgan fingerprint density at radius 1 is 1.38 bits per heavy atom. The van der Waals surface area contributed by atoms with Crippen LogP contribution in [0.4, 0.5) is 23.8 Å². The first kappa shape index (κ1) is 19.9. The average Bonchev–Trinajstić information content (AvgIpc) is 2.95. The van der Waals surface area contributed by atoms with Gasteiger partial charge in [0.2, 0.25) is 0 Å². The van der Waals surface area contributed by atoms with Gasteiger partial charge in [0.15, 0.2) is 5.69 Å². The van der Waals surface area contributed by atoms with E-state index in [1.165, 1.54) is 19.1 Å². The van der Waals surface area contributed by atoms with Crippen molar-refractivity contribution in [1.82, 2.24) is 14.7 Å². The molecular formula is C14H18F3N5O3S. The van der Waals surface area contributed by atoms with Crippen molar-refractivity contribution >= 4 is 35.0 Å². The third kappa shape index (κ3) is 3.74. The Balaban J connectivity index is 2.06. The van der Waals surface area contributed by atoms with E-state index in [0.29, 0.717) is 0 Å². The SMILES string of the molecule is COC(=O)C1(C(N)=S)CCN(C(=O)Nc2cc(C(F)(F)F)nn2C)CC1. The number of amides is 2. The van der Waals surface area contributed by atoms with Crippen LogP contribution < -0.4 is 11.1 Å². The first-order valence-corrected chi connectivity index (χ1v) is 7.97. The monoisotopic (exact) mass is 393 g/mol. The van der Waals surface area contributed by atoms with Crippen LogP contribution in [0.15, 0.2) is 6.07 Å². The number of hydrogen-bond donors (Lipinski definition) is 2. The zero-order valence-electron chi connectivity index (χ0n) is 14.1. The second kappa shape index (κ2) is 7.09. The highest BCUT2D eigenvalue weighted by Gasteiger charge is 2.46. The smallest absolute Gasteiger partial charge is 0.435 e. The summed E-state index contributed by atoms with van der Waals surface area (Å²) in [6, 6.07) is 0.137. The number of carbonyl (C=O) groups excluding carboxylic acids is 2. The molecule has 0 spiro atoms. The van der Waals surface area contributed by atoms with Crippen LogP contribution in [0, 0.1) is 5.41 Å². The van der Waals surface area contributed by atoms with Crippen molar-refractivity contribution in [2.45, 2.75) is 19.0 Å². The minimum atomic E-state index is -4.61. The number of likely N-dealkylation sites (tertiary alicyclic amines) is 1. The Morgan fingerprint density at radius 2 is 1.96 bits per heavy atom. The molecule has 2 rings (SSSR count). The zero-order valence-corrected chi connectivity index (χ0v) is 14.9. The molecule has 0 saturated carbocycles. The molecule has 2 heterocycles. The topological polar surface area (TPSA) is 102 Å². The third-order valence-electron chi connectivity index (χ3n) is 4.36. The molecule has 8 nitrogen and oxygen atoms in total. The van der Waals surface area contributed by atoms with Gasteiger partial charge >= 0.3 is 18.2 Å². The van der Waals surface area contributed by atoms with Crippen molar-refractivity contribution in [3.05, 3.63) is 11.8 Å². The van der Waals surface area contributed by atoms with Gasteiger partial charge in [-0.2, -0.15) is 18.3 Å². The van der Waals surface area contributed by atoms with Gasteiger partial charge < -0.3 is 15.4 Å². The van der Waals surface area contributed by atoms with Gasteiger partial charge in [0.05, 0.1) is 12.1 Å². The number of aromatic nitrogens is 2. The fourth-order valence-corrected chi connectivity index (χ4v) is 3.04. The van der Waals surface area contributed by atoms with E-state index in [4.69, 9.17) is 22.7 Å². The number of hydrogen-bond acceptors (Lipinski definition) is 5. The van der Waals surface area contributed by atoms with E-state index in [-0.39, 0.29) is 36.7 Å². The Bertz CT molecular complexity index is 726. The second-order valence-corrected chi connectivity index (χ2v) is 6.33. The number of aryl methyl sites for hydroxylation is 1. The van der Waals surface area contributed by atoms with Gasteiger partial charge in [-0.15, -0.1) is 0 Å². The molecule has 3 N–H and O–H groups in total. The van der Waals surface area contributed by atoms with Crippen LogP contribution in [0.3, 0.4) is 0 Å². The molecule has 1 fully saturated rings. The van der Waals surface area contributed by atoms with E-state index in [9.17, 15) is 22.8 Å². The summed E-state index contributed by atoms with van der Waals surface area (Å²) in [5.41, 5.74) is 3.43. The minimum absolute atomic E-state index is 0.00846. The zero-order chi connectivity index (χ0) is 19.7. The van der Waals surface area contributed by atoms with E-state index in [1.54, 1.807) is 0 Å². The van der Waals surface area contributed by atoms with Gasteiger partial charge in [-0.1, -0.05) is 12.2 Å². The number of nitrogens with two attached hydrogens (primary N) is 1. The van der Waals surface area contributed by atoms with Gasteiger partial charge in [-0.3, -0.25) is 14.8 Å². The molecule has 1 aliphatic rings. The predicted molar refractivity (Wildman–Crippen MR) is 89.3 cm³/mol. The number of piperidine rings is 1. The van der Waals surface area contributed by atoms with Gasteiger partial charge in [0.1, 0.15) is 11.2 Å². The van der Waals surface area contributed by atoms with Crippen LogP contribution in [0.2, 0.25) is 0 Å². The summed E-state index contributed by atoms with van der Waals surface area (Å²) in [5.74, 6) is -0.659. The van der Waals surface area contributed by atoms with Crippen LogP contribution >= 0.6 is 12.2 Å². The number of alkyl halides is 3. The number of methoxy groups -OCH3 is 1. The normalized spacial score (nSPS) is 16.9. The summed E-state index contributed by atoms with van der Waals surface area (Å²) in [7, 11) is 2.51. The molecule has 0 atom stereocenters. The van der Waals surface area contributed by atoms with Crippen molar-refractivity contribution in [2.24, 2.45) is 18.2 Å². The summed E-state index contributed by atoms with van der Waals surface area (Å²) < 4.78 is 43.7. The van der Waals surface area contributed by atoms with Crippen LogP contribution in [-0.2, 0) is 22.8 Å². The number of thiocarbonyl (C=S) groups is 1. The molecule has 0 aromatic carbocycles. The largest absolute Gasteiger partial charge is 0.468 e. The maximum Gasteiger partial charge on any atom is 0.435 e. The Labute approximate surface area is 152 Å². The van der Waals surface area contributed by atoms with Gasteiger partial charge in [-0.05, 0) is 12.8 Å². The summed E-state index contributed by atoms with van der Waals surface area (Å²) >= 11 is 4.97.